The molecule has 0 spiro atoms. The minimum Gasteiger partial charge on any atom is -0.493 e. The van der Waals surface area contributed by atoms with Crippen molar-refractivity contribution in [2.24, 2.45) is 11.8 Å². The molecule has 0 bridgehead atoms. The molecule has 2 atom stereocenters. The van der Waals surface area contributed by atoms with Crippen LogP contribution in [0.5, 0.6) is 11.5 Å². The molecule has 0 saturated heterocycles. The molecule has 1 N–H and O–H groups in total. The molecule has 1 aliphatic carbocycles. The van der Waals surface area contributed by atoms with Crippen molar-refractivity contribution in [1.29, 1.82) is 0 Å². The first-order chi connectivity index (χ1) is 11.9. The number of rotatable bonds is 7. The van der Waals surface area contributed by atoms with E-state index in [2.05, 4.69) is 0 Å². The Morgan fingerprint density at radius 3 is 2.48 bits per heavy atom. The highest BCUT2D eigenvalue weighted by Gasteiger charge is 2.43. The standard InChI is InChI=1S/C20H21FO4/c1-12(2)25-16-7-8-19(21)17(10-16)13-3-5-15(6-4-13)24-11-14-9-18(14)20(22)23/h3-8,10,12,14,18H,9,11H2,1-2H3,(H,22,23)/t14-,18+/m1/s1. The molecular weight excluding hydrogens is 323 g/mol. The topological polar surface area (TPSA) is 55.8 Å². The van der Waals surface area contributed by atoms with Crippen LogP contribution < -0.4 is 9.47 Å². The number of carbonyl (C=O) groups is 1. The summed E-state index contributed by atoms with van der Waals surface area (Å²) in [6, 6.07) is 11.8. The normalized spacial score (nSPS) is 18.9. The van der Waals surface area contributed by atoms with Gasteiger partial charge in [-0.3, -0.25) is 4.79 Å². The molecule has 1 saturated carbocycles. The van der Waals surface area contributed by atoms with Crippen LogP contribution in [0.4, 0.5) is 4.39 Å². The maximum atomic E-state index is 14.1. The van der Waals surface area contributed by atoms with Gasteiger partial charge < -0.3 is 14.6 Å². The van der Waals surface area contributed by atoms with E-state index >= 15 is 0 Å². The summed E-state index contributed by atoms with van der Waals surface area (Å²) in [5.74, 6) is 0.00137. The summed E-state index contributed by atoms with van der Waals surface area (Å²) >= 11 is 0. The van der Waals surface area contributed by atoms with Gasteiger partial charge in [0.2, 0.25) is 0 Å². The molecular formula is C20H21FO4. The highest BCUT2D eigenvalue weighted by Crippen LogP contribution is 2.39. The van der Waals surface area contributed by atoms with Gasteiger partial charge in [-0.1, -0.05) is 12.1 Å². The zero-order valence-electron chi connectivity index (χ0n) is 14.2. The second kappa shape index (κ2) is 7.13. The predicted octanol–water partition coefficient (Wildman–Crippen LogP) is 4.38. The van der Waals surface area contributed by atoms with E-state index in [1.54, 1.807) is 36.4 Å². The Kier molecular flexibility index (Phi) is 4.93. The Hall–Kier alpha value is -2.56. The summed E-state index contributed by atoms with van der Waals surface area (Å²) in [5.41, 5.74) is 1.20. The van der Waals surface area contributed by atoms with E-state index in [0.717, 1.165) is 5.56 Å². The molecule has 5 heteroatoms. The van der Waals surface area contributed by atoms with Crippen LogP contribution in [0.1, 0.15) is 20.3 Å². The molecule has 3 rings (SSSR count). The Morgan fingerprint density at radius 2 is 1.88 bits per heavy atom. The number of halogens is 1. The molecule has 0 aromatic heterocycles. The number of ether oxygens (including phenoxy) is 2. The van der Waals surface area contributed by atoms with Crippen molar-refractivity contribution in [3.63, 3.8) is 0 Å². The second-order valence-corrected chi connectivity index (χ2v) is 6.58. The molecule has 1 aliphatic rings. The summed E-state index contributed by atoms with van der Waals surface area (Å²) in [4.78, 5) is 10.8. The van der Waals surface area contributed by atoms with Crippen LogP contribution in [-0.2, 0) is 4.79 Å². The van der Waals surface area contributed by atoms with Crippen LogP contribution in [-0.4, -0.2) is 23.8 Å². The number of aliphatic carboxylic acids is 1. The van der Waals surface area contributed by atoms with Crippen molar-refractivity contribution in [3.8, 4) is 22.6 Å². The SMILES string of the molecule is CC(C)Oc1ccc(F)c(-c2ccc(OC[C@H]3C[C@@H]3C(=O)O)cc2)c1. The van der Waals surface area contributed by atoms with Gasteiger partial charge in [-0.05, 0) is 56.2 Å². The fraction of sp³-hybridized carbons (Fsp3) is 0.350. The summed E-state index contributed by atoms with van der Waals surface area (Å²) in [5, 5.41) is 8.88. The molecule has 2 aromatic carbocycles. The first kappa shape index (κ1) is 17.3. The molecule has 0 aliphatic heterocycles. The van der Waals surface area contributed by atoms with Crippen molar-refractivity contribution in [1.82, 2.24) is 0 Å². The van der Waals surface area contributed by atoms with E-state index < -0.39 is 5.97 Å². The molecule has 0 unspecified atom stereocenters. The number of benzene rings is 2. The smallest absolute Gasteiger partial charge is 0.306 e. The van der Waals surface area contributed by atoms with Crippen LogP contribution in [0, 0.1) is 17.7 Å². The molecule has 1 fully saturated rings. The monoisotopic (exact) mass is 344 g/mol. The third kappa shape index (κ3) is 4.29. The van der Waals surface area contributed by atoms with Gasteiger partial charge in [0.15, 0.2) is 0 Å². The van der Waals surface area contributed by atoms with Crippen molar-refractivity contribution in [3.05, 3.63) is 48.3 Å². The van der Waals surface area contributed by atoms with Crippen molar-refractivity contribution in [2.75, 3.05) is 6.61 Å². The molecule has 4 nitrogen and oxygen atoms in total. The fourth-order valence-corrected chi connectivity index (χ4v) is 2.74. The average molecular weight is 344 g/mol. The molecule has 2 aromatic rings. The maximum Gasteiger partial charge on any atom is 0.306 e. The van der Waals surface area contributed by atoms with Crippen molar-refractivity contribution in [2.45, 2.75) is 26.4 Å². The lowest BCUT2D eigenvalue weighted by Gasteiger charge is -2.12. The largest absolute Gasteiger partial charge is 0.493 e. The molecule has 0 amide bonds. The lowest BCUT2D eigenvalue weighted by Crippen LogP contribution is -2.06. The lowest BCUT2D eigenvalue weighted by atomic mass is 10.0. The molecule has 132 valence electrons. The van der Waals surface area contributed by atoms with Crippen LogP contribution >= 0.6 is 0 Å². The van der Waals surface area contributed by atoms with Gasteiger partial charge in [0.25, 0.3) is 0 Å². The van der Waals surface area contributed by atoms with E-state index in [9.17, 15) is 9.18 Å². The van der Waals surface area contributed by atoms with E-state index in [1.165, 1.54) is 6.07 Å². The summed E-state index contributed by atoms with van der Waals surface area (Å²) in [6.45, 7) is 4.23. The Morgan fingerprint density at radius 1 is 1.20 bits per heavy atom. The van der Waals surface area contributed by atoms with Crippen LogP contribution in [0.3, 0.4) is 0 Å². The van der Waals surface area contributed by atoms with Gasteiger partial charge in [0.05, 0.1) is 18.6 Å². The molecule has 0 radical (unpaired) electrons. The van der Waals surface area contributed by atoms with Gasteiger partial charge in [0.1, 0.15) is 17.3 Å². The third-order valence-corrected chi connectivity index (χ3v) is 4.18. The van der Waals surface area contributed by atoms with Gasteiger partial charge in [-0.2, -0.15) is 0 Å². The van der Waals surface area contributed by atoms with Crippen LogP contribution in [0.15, 0.2) is 42.5 Å². The Bertz CT molecular complexity index is 755. The van der Waals surface area contributed by atoms with E-state index in [1.807, 2.05) is 13.8 Å². The Balaban J connectivity index is 1.67. The quantitative estimate of drug-likeness (QED) is 0.810. The van der Waals surface area contributed by atoms with E-state index in [0.29, 0.717) is 30.1 Å². The van der Waals surface area contributed by atoms with E-state index in [-0.39, 0.29) is 23.8 Å². The highest BCUT2D eigenvalue weighted by molar-refractivity contribution is 5.73. The van der Waals surface area contributed by atoms with Gasteiger partial charge >= 0.3 is 5.97 Å². The van der Waals surface area contributed by atoms with Gasteiger partial charge in [-0.15, -0.1) is 0 Å². The zero-order chi connectivity index (χ0) is 18.0. The van der Waals surface area contributed by atoms with Gasteiger partial charge in [-0.25, -0.2) is 4.39 Å². The lowest BCUT2D eigenvalue weighted by molar-refractivity contribution is -0.138. The van der Waals surface area contributed by atoms with Crippen molar-refractivity contribution >= 4 is 5.97 Å². The number of hydrogen-bond donors (Lipinski definition) is 1. The summed E-state index contributed by atoms with van der Waals surface area (Å²) in [7, 11) is 0. The molecule has 25 heavy (non-hydrogen) atoms. The number of carboxylic acids is 1. The summed E-state index contributed by atoms with van der Waals surface area (Å²) < 4.78 is 25.4. The minimum atomic E-state index is -0.761. The van der Waals surface area contributed by atoms with Gasteiger partial charge in [0, 0.05) is 11.5 Å². The van der Waals surface area contributed by atoms with Crippen LogP contribution in [0.2, 0.25) is 0 Å². The maximum absolute atomic E-state index is 14.1. The first-order valence-corrected chi connectivity index (χ1v) is 8.36. The summed E-state index contributed by atoms with van der Waals surface area (Å²) in [6.07, 6.45) is 0.688. The van der Waals surface area contributed by atoms with Crippen LogP contribution in [0.25, 0.3) is 11.1 Å². The molecule has 0 heterocycles. The second-order valence-electron chi connectivity index (χ2n) is 6.58. The minimum absolute atomic E-state index is 0.0196. The first-order valence-electron chi connectivity index (χ1n) is 8.36. The Labute approximate surface area is 146 Å². The zero-order valence-corrected chi connectivity index (χ0v) is 14.2. The highest BCUT2D eigenvalue weighted by atomic mass is 19.1. The predicted molar refractivity (Wildman–Crippen MR) is 92.3 cm³/mol. The number of hydrogen-bond acceptors (Lipinski definition) is 3. The third-order valence-electron chi connectivity index (χ3n) is 4.18. The average Bonchev–Trinajstić information content (AvgIpc) is 3.35. The number of carboxylic acid groups (broad SMARTS) is 1. The fourth-order valence-electron chi connectivity index (χ4n) is 2.74. The van der Waals surface area contributed by atoms with Crippen molar-refractivity contribution < 1.29 is 23.8 Å². The van der Waals surface area contributed by atoms with E-state index in [4.69, 9.17) is 14.6 Å².